The van der Waals surface area contributed by atoms with Crippen LogP contribution in [0.3, 0.4) is 0 Å². The van der Waals surface area contributed by atoms with Crippen LogP contribution in [-0.4, -0.2) is 5.54 Å². The summed E-state index contributed by atoms with van der Waals surface area (Å²) in [6.45, 7) is 6.51. The van der Waals surface area contributed by atoms with Crippen molar-refractivity contribution in [1.82, 2.24) is 0 Å². The van der Waals surface area contributed by atoms with E-state index in [1.165, 1.54) is 16.5 Å². The van der Waals surface area contributed by atoms with Gasteiger partial charge in [0, 0.05) is 32.8 Å². The molecule has 0 radical (unpaired) electrons. The minimum Gasteiger partial charge on any atom is -0.379 e. The third-order valence-corrected chi connectivity index (χ3v) is 7.79. The van der Waals surface area contributed by atoms with Gasteiger partial charge in [0.2, 0.25) is 0 Å². The third kappa shape index (κ3) is 5.60. The maximum atomic E-state index is 4.73. The quantitative estimate of drug-likeness (QED) is 0.197. The van der Waals surface area contributed by atoms with E-state index in [0.717, 1.165) is 62.4 Å². The molecule has 1 N–H and O–H groups in total. The molecular weight excluding hydrogens is 542 g/mol. The lowest BCUT2D eigenvalue weighted by atomic mass is 9.86. The number of benzene rings is 6. The number of rotatable bonds is 6. The summed E-state index contributed by atoms with van der Waals surface area (Å²) >= 11 is 0. The predicted molar refractivity (Wildman–Crippen MR) is 179 cm³/mol. The van der Waals surface area contributed by atoms with Crippen molar-refractivity contribution in [3.8, 4) is 0 Å². The molecule has 0 aromatic heterocycles. The van der Waals surface area contributed by atoms with Crippen molar-refractivity contribution in [1.29, 1.82) is 0 Å². The van der Waals surface area contributed by atoms with Crippen LogP contribution in [0, 0.1) is 6.92 Å². The largest absolute Gasteiger partial charge is 0.379 e. The summed E-state index contributed by atoms with van der Waals surface area (Å²) in [5.41, 5.74) is 8.37. The van der Waals surface area contributed by atoms with Gasteiger partial charge in [-0.2, -0.15) is 15.3 Å². The summed E-state index contributed by atoms with van der Waals surface area (Å²) in [5.74, 6) is 0. The highest BCUT2D eigenvalue weighted by molar-refractivity contribution is 6.04. The number of aryl methyl sites for hydroxylation is 1. The van der Waals surface area contributed by atoms with Crippen LogP contribution in [0.1, 0.15) is 25.0 Å². The maximum absolute atomic E-state index is 4.73. The molecule has 0 saturated heterocycles. The molecule has 7 rings (SSSR count). The standard InChI is InChI=1S/C37H31N7/c1-24-11-14-26(15-12-24)39-40-27-16-18-28(19-17-27)41-42-32-21-22-33(30-8-5-4-7-29(30)32)43-44-34-20-13-25-23-37(2,3)38-35-10-6-9-31(34)36(25)35/h4-22,38H,23H2,1-3H3. The van der Waals surface area contributed by atoms with Gasteiger partial charge in [-0.1, -0.05) is 60.2 Å². The summed E-state index contributed by atoms with van der Waals surface area (Å²) in [7, 11) is 0. The van der Waals surface area contributed by atoms with E-state index in [9.17, 15) is 0 Å². The zero-order chi connectivity index (χ0) is 30.1. The fourth-order valence-corrected chi connectivity index (χ4v) is 5.66. The van der Waals surface area contributed by atoms with E-state index in [0.29, 0.717) is 0 Å². The van der Waals surface area contributed by atoms with Gasteiger partial charge in [0.1, 0.15) is 0 Å². The number of hydrogen-bond donors (Lipinski definition) is 1. The normalized spacial score (nSPS) is 14.2. The Bertz CT molecular complexity index is 2080. The first-order valence-corrected chi connectivity index (χ1v) is 14.7. The van der Waals surface area contributed by atoms with Crippen molar-refractivity contribution in [3.63, 3.8) is 0 Å². The van der Waals surface area contributed by atoms with Crippen LogP contribution in [0.15, 0.2) is 146 Å². The van der Waals surface area contributed by atoms with Gasteiger partial charge < -0.3 is 5.32 Å². The van der Waals surface area contributed by atoms with Gasteiger partial charge in [-0.15, -0.1) is 15.3 Å². The Morgan fingerprint density at radius 2 is 0.977 bits per heavy atom. The molecule has 1 aliphatic rings. The molecule has 0 aliphatic carbocycles. The molecule has 1 heterocycles. The van der Waals surface area contributed by atoms with Gasteiger partial charge in [-0.05, 0) is 93.4 Å². The smallest absolute Gasteiger partial charge is 0.0936 e. The van der Waals surface area contributed by atoms with Crippen LogP contribution in [0.2, 0.25) is 0 Å². The lowest BCUT2D eigenvalue weighted by molar-refractivity contribution is 0.560. The molecule has 0 bridgehead atoms. The van der Waals surface area contributed by atoms with Crippen molar-refractivity contribution in [2.45, 2.75) is 32.7 Å². The number of hydrogen-bond acceptors (Lipinski definition) is 7. The Labute approximate surface area is 256 Å². The summed E-state index contributed by atoms with van der Waals surface area (Å²) in [4.78, 5) is 0. The fraction of sp³-hybridized carbons (Fsp3) is 0.135. The number of fused-ring (bicyclic) bond motifs is 1. The molecule has 7 nitrogen and oxygen atoms in total. The van der Waals surface area contributed by atoms with Gasteiger partial charge in [-0.3, -0.25) is 0 Å². The Kier molecular flexibility index (Phi) is 6.98. The molecule has 1 aliphatic heterocycles. The molecular formula is C37H31N7. The van der Waals surface area contributed by atoms with Crippen LogP contribution >= 0.6 is 0 Å². The Morgan fingerprint density at radius 1 is 0.500 bits per heavy atom. The molecule has 214 valence electrons. The van der Waals surface area contributed by atoms with E-state index in [4.69, 9.17) is 10.2 Å². The van der Waals surface area contributed by atoms with E-state index in [-0.39, 0.29) is 5.54 Å². The SMILES string of the molecule is Cc1ccc(N=Nc2ccc(N=Nc3ccc(N=Nc4ccc5c6c(cccc46)NC(C)(C)C5)c4ccccc34)cc2)cc1. The number of nitrogens with zero attached hydrogens (tertiary/aromatic N) is 6. The summed E-state index contributed by atoms with van der Waals surface area (Å²) in [5, 5.41) is 35.1. The zero-order valence-corrected chi connectivity index (χ0v) is 24.9. The van der Waals surface area contributed by atoms with Crippen LogP contribution in [0.5, 0.6) is 0 Å². The van der Waals surface area contributed by atoms with Crippen molar-refractivity contribution in [2.24, 2.45) is 30.7 Å². The summed E-state index contributed by atoms with van der Waals surface area (Å²) in [6.07, 6.45) is 0.960. The predicted octanol–water partition coefficient (Wildman–Crippen LogP) is 12.3. The fourth-order valence-electron chi connectivity index (χ4n) is 5.66. The molecule has 44 heavy (non-hydrogen) atoms. The lowest BCUT2D eigenvalue weighted by Gasteiger charge is -2.34. The average Bonchev–Trinajstić information content (AvgIpc) is 3.03. The van der Waals surface area contributed by atoms with Gasteiger partial charge in [0.25, 0.3) is 0 Å². The monoisotopic (exact) mass is 573 g/mol. The molecule has 0 atom stereocenters. The Hall–Kier alpha value is -5.56. The minimum absolute atomic E-state index is 0.0136. The van der Waals surface area contributed by atoms with Gasteiger partial charge in [0.05, 0.1) is 34.1 Å². The molecule has 6 aromatic rings. The molecule has 0 saturated carbocycles. The van der Waals surface area contributed by atoms with Gasteiger partial charge >= 0.3 is 0 Å². The zero-order valence-electron chi connectivity index (χ0n) is 24.9. The van der Waals surface area contributed by atoms with E-state index in [1.807, 2.05) is 91.9 Å². The molecule has 7 heteroatoms. The highest BCUT2D eigenvalue weighted by Gasteiger charge is 2.26. The summed E-state index contributed by atoms with van der Waals surface area (Å²) < 4.78 is 0. The number of anilines is 1. The number of nitrogens with one attached hydrogen (secondary N) is 1. The molecule has 6 aromatic carbocycles. The third-order valence-electron chi connectivity index (χ3n) is 7.79. The minimum atomic E-state index is 0.0136. The lowest BCUT2D eigenvalue weighted by Crippen LogP contribution is -2.36. The van der Waals surface area contributed by atoms with E-state index in [2.05, 4.69) is 70.0 Å². The summed E-state index contributed by atoms with van der Waals surface area (Å²) in [6, 6.07) is 38.0. The Morgan fingerprint density at radius 3 is 1.59 bits per heavy atom. The van der Waals surface area contributed by atoms with E-state index < -0.39 is 0 Å². The maximum Gasteiger partial charge on any atom is 0.0936 e. The van der Waals surface area contributed by atoms with E-state index in [1.54, 1.807) is 0 Å². The first kappa shape index (κ1) is 27.3. The second-order valence-electron chi connectivity index (χ2n) is 11.8. The average molecular weight is 574 g/mol. The van der Waals surface area contributed by atoms with Crippen molar-refractivity contribution < 1.29 is 0 Å². The first-order valence-electron chi connectivity index (χ1n) is 14.7. The topological polar surface area (TPSA) is 86.2 Å². The molecule has 0 spiro atoms. The van der Waals surface area contributed by atoms with E-state index >= 15 is 0 Å². The van der Waals surface area contributed by atoms with Crippen molar-refractivity contribution in [2.75, 3.05) is 5.32 Å². The second kappa shape index (κ2) is 11.3. The van der Waals surface area contributed by atoms with Crippen molar-refractivity contribution >= 4 is 61.4 Å². The van der Waals surface area contributed by atoms with Crippen LogP contribution < -0.4 is 5.32 Å². The van der Waals surface area contributed by atoms with Crippen LogP contribution in [-0.2, 0) is 6.42 Å². The highest BCUT2D eigenvalue weighted by atomic mass is 15.1. The molecule has 0 fully saturated rings. The second-order valence-corrected chi connectivity index (χ2v) is 11.8. The first-order chi connectivity index (χ1) is 21.4. The molecule has 0 unspecified atom stereocenters. The van der Waals surface area contributed by atoms with Crippen LogP contribution in [0.25, 0.3) is 21.5 Å². The number of azo groups is 3. The van der Waals surface area contributed by atoms with Crippen LogP contribution in [0.4, 0.5) is 39.8 Å². The van der Waals surface area contributed by atoms with Crippen molar-refractivity contribution in [3.05, 3.63) is 126 Å². The molecule has 0 amide bonds. The van der Waals surface area contributed by atoms with Gasteiger partial charge in [0.15, 0.2) is 0 Å². The van der Waals surface area contributed by atoms with Gasteiger partial charge in [-0.25, -0.2) is 0 Å². The highest BCUT2D eigenvalue weighted by Crippen LogP contribution is 2.41. The Balaban J connectivity index is 1.13.